The average Bonchev–Trinajstić information content (AvgIpc) is 3.16. The third-order valence-electron chi connectivity index (χ3n) is 11.8. The molecule has 35 heavy (non-hydrogen) atoms. The number of carbonyl (C=O) groups excluding carboxylic acids is 1. The normalized spacial score (nSPS) is 44.5. The van der Waals surface area contributed by atoms with Gasteiger partial charge in [-0.3, -0.25) is 14.6 Å². The lowest BCUT2D eigenvalue weighted by Crippen LogP contribution is -2.59. The summed E-state index contributed by atoms with van der Waals surface area (Å²) in [6, 6.07) is 10.8. The molecule has 1 aromatic rings. The highest BCUT2D eigenvalue weighted by atomic mass is 16.3. The number of rotatable bonds is 4. The summed E-state index contributed by atoms with van der Waals surface area (Å²) >= 11 is 0. The van der Waals surface area contributed by atoms with E-state index in [1.54, 1.807) is 0 Å². The number of β-amino-alcohol motifs (C(OH)–C–C–N with tert-alkyl or cyclic N) is 1. The van der Waals surface area contributed by atoms with E-state index in [1.807, 2.05) is 0 Å². The second-order valence-corrected chi connectivity index (χ2v) is 13.5. The summed E-state index contributed by atoms with van der Waals surface area (Å²) in [7, 11) is 0. The zero-order valence-corrected chi connectivity index (χ0v) is 22.1. The highest BCUT2D eigenvalue weighted by Gasteiger charge is 2.61. The Bertz CT molecular complexity index is 927. The Balaban J connectivity index is 1.06. The monoisotopic (exact) mass is 478 g/mol. The molecule has 0 amide bonds. The van der Waals surface area contributed by atoms with Crippen LogP contribution in [-0.4, -0.2) is 59.0 Å². The molecule has 4 aliphatic carbocycles. The van der Waals surface area contributed by atoms with Crippen molar-refractivity contribution in [2.75, 3.05) is 32.7 Å². The summed E-state index contributed by atoms with van der Waals surface area (Å²) < 4.78 is 0. The van der Waals surface area contributed by atoms with E-state index in [9.17, 15) is 9.90 Å². The summed E-state index contributed by atoms with van der Waals surface area (Å²) in [6.45, 7) is 11.1. The van der Waals surface area contributed by atoms with Crippen LogP contribution in [0.15, 0.2) is 30.3 Å². The van der Waals surface area contributed by atoms with Crippen LogP contribution in [0, 0.1) is 34.5 Å². The molecule has 0 spiro atoms. The number of ketones is 1. The van der Waals surface area contributed by atoms with Gasteiger partial charge in [-0.2, -0.15) is 0 Å². The van der Waals surface area contributed by atoms with Crippen molar-refractivity contribution in [3.63, 3.8) is 0 Å². The van der Waals surface area contributed by atoms with E-state index in [2.05, 4.69) is 54.0 Å². The summed E-state index contributed by atoms with van der Waals surface area (Å²) in [5.74, 6) is 3.32. The molecule has 4 saturated carbocycles. The van der Waals surface area contributed by atoms with Crippen LogP contribution in [0.5, 0.6) is 0 Å². The maximum atomic E-state index is 12.7. The topological polar surface area (TPSA) is 43.8 Å². The van der Waals surface area contributed by atoms with Crippen LogP contribution in [0.3, 0.4) is 0 Å². The zero-order chi connectivity index (χ0) is 24.3. The Morgan fingerprint density at radius 2 is 1.63 bits per heavy atom. The van der Waals surface area contributed by atoms with Crippen molar-refractivity contribution < 1.29 is 9.90 Å². The second kappa shape index (κ2) is 8.96. The molecule has 0 radical (unpaired) electrons. The Morgan fingerprint density at radius 1 is 0.886 bits per heavy atom. The Kier molecular flexibility index (Phi) is 6.17. The summed E-state index contributed by atoms with van der Waals surface area (Å²) in [4.78, 5) is 17.8. The van der Waals surface area contributed by atoms with Crippen LogP contribution >= 0.6 is 0 Å². The van der Waals surface area contributed by atoms with E-state index in [0.29, 0.717) is 23.0 Å². The van der Waals surface area contributed by atoms with Crippen LogP contribution < -0.4 is 0 Å². The second-order valence-electron chi connectivity index (χ2n) is 13.5. The van der Waals surface area contributed by atoms with E-state index in [4.69, 9.17) is 0 Å². The van der Waals surface area contributed by atoms with Gasteiger partial charge in [-0.1, -0.05) is 44.2 Å². The SMILES string of the molecule is C[C@]12CCC(O)(CN3CCN(Cc4ccccc4)CC3)CC1CC[C@@H]1[C@H]2CC[C@]2(C)C(=O)CC[C@@H]12. The van der Waals surface area contributed by atoms with Crippen molar-refractivity contribution in [3.05, 3.63) is 35.9 Å². The van der Waals surface area contributed by atoms with Gasteiger partial charge < -0.3 is 5.11 Å². The molecule has 0 aromatic heterocycles. The first-order chi connectivity index (χ1) is 16.8. The number of piperazine rings is 1. The summed E-state index contributed by atoms with van der Waals surface area (Å²) in [5, 5.41) is 11.8. The molecule has 0 bridgehead atoms. The lowest BCUT2D eigenvalue weighted by molar-refractivity contribution is -0.158. The summed E-state index contributed by atoms with van der Waals surface area (Å²) in [5.41, 5.74) is 1.20. The van der Waals surface area contributed by atoms with Gasteiger partial charge in [0.2, 0.25) is 0 Å². The number of aliphatic hydroxyl groups is 1. The molecular formula is C31H46N2O2. The first-order valence-electron chi connectivity index (χ1n) is 14.5. The fourth-order valence-corrected chi connectivity index (χ4v) is 9.60. The molecule has 5 aliphatic rings. The third kappa shape index (κ3) is 4.22. The molecule has 1 heterocycles. The number of hydrogen-bond acceptors (Lipinski definition) is 4. The van der Waals surface area contributed by atoms with Gasteiger partial charge in [0.05, 0.1) is 5.60 Å². The minimum Gasteiger partial charge on any atom is -0.389 e. The fourth-order valence-electron chi connectivity index (χ4n) is 9.60. The standard InChI is InChI=1S/C31H46N2O2/c1-29-14-15-31(35,22-33-18-16-32(17-19-33)21-23-6-4-3-5-7-23)20-24(29)8-9-25-26-10-11-28(34)30(26,2)13-12-27(25)29/h3-7,24-27,35H,8-22H2,1-2H3/t24?,25-,26-,27+,29-,30-,31?/m0/s1. The molecule has 192 valence electrons. The van der Waals surface area contributed by atoms with Crippen molar-refractivity contribution in [2.24, 2.45) is 34.5 Å². The summed E-state index contributed by atoms with van der Waals surface area (Å²) in [6.07, 6.45) is 9.95. The molecule has 4 heteroatoms. The first kappa shape index (κ1) is 24.1. The molecule has 1 aromatic carbocycles. The van der Waals surface area contributed by atoms with Gasteiger partial charge in [-0.25, -0.2) is 0 Å². The van der Waals surface area contributed by atoms with Gasteiger partial charge in [0.15, 0.2) is 0 Å². The Labute approximate surface area is 212 Å². The molecule has 4 nitrogen and oxygen atoms in total. The van der Waals surface area contributed by atoms with Crippen LogP contribution in [0.25, 0.3) is 0 Å². The average molecular weight is 479 g/mol. The molecule has 1 aliphatic heterocycles. The van der Waals surface area contributed by atoms with E-state index < -0.39 is 5.60 Å². The third-order valence-corrected chi connectivity index (χ3v) is 11.8. The number of fused-ring (bicyclic) bond motifs is 5. The van der Waals surface area contributed by atoms with Gasteiger partial charge in [0.1, 0.15) is 5.78 Å². The van der Waals surface area contributed by atoms with Gasteiger partial charge in [0, 0.05) is 51.1 Å². The highest BCUT2D eigenvalue weighted by Crippen LogP contribution is 2.66. The molecule has 6 rings (SSSR count). The van der Waals surface area contributed by atoms with E-state index in [0.717, 1.165) is 83.2 Å². The molecule has 5 fully saturated rings. The zero-order valence-electron chi connectivity index (χ0n) is 22.1. The van der Waals surface area contributed by atoms with E-state index in [-0.39, 0.29) is 5.41 Å². The van der Waals surface area contributed by atoms with Crippen LogP contribution in [-0.2, 0) is 11.3 Å². The highest BCUT2D eigenvalue weighted by molar-refractivity contribution is 5.87. The molecule has 1 N–H and O–H groups in total. The molecular weight excluding hydrogens is 432 g/mol. The smallest absolute Gasteiger partial charge is 0.139 e. The predicted molar refractivity (Wildman–Crippen MR) is 140 cm³/mol. The number of Topliss-reactive ketones (excluding diaryl/α,β-unsaturated/α-hetero) is 1. The minimum absolute atomic E-state index is 0.0254. The maximum Gasteiger partial charge on any atom is 0.139 e. The largest absolute Gasteiger partial charge is 0.389 e. The van der Waals surface area contributed by atoms with Gasteiger partial charge >= 0.3 is 0 Å². The van der Waals surface area contributed by atoms with Crippen LogP contribution in [0.4, 0.5) is 0 Å². The predicted octanol–water partition coefficient (Wildman–Crippen LogP) is 5.15. The van der Waals surface area contributed by atoms with Gasteiger partial charge in [-0.05, 0) is 86.0 Å². The number of hydrogen-bond donors (Lipinski definition) is 1. The van der Waals surface area contributed by atoms with Gasteiger partial charge in [0.25, 0.3) is 0 Å². The van der Waals surface area contributed by atoms with Crippen LogP contribution in [0.1, 0.15) is 77.2 Å². The Morgan fingerprint density at radius 3 is 2.40 bits per heavy atom. The number of benzene rings is 1. The van der Waals surface area contributed by atoms with E-state index >= 15 is 0 Å². The van der Waals surface area contributed by atoms with Crippen molar-refractivity contribution in [1.29, 1.82) is 0 Å². The number of nitrogens with zero attached hydrogens (tertiary/aromatic N) is 2. The van der Waals surface area contributed by atoms with Crippen LogP contribution in [0.2, 0.25) is 0 Å². The lowest BCUT2D eigenvalue weighted by Gasteiger charge is -2.61. The fraction of sp³-hybridized carbons (Fsp3) is 0.774. The van der Waals surface area contributed by atoms with Crippen molar-refractivity contribution in [1.82, 2.24) is 9.80 Å². The van der Waals surface area contributed by atoms with Crippen molar-refractivity contribution in [2.45, 2.75) is 83.8 Å². The van der Waals surface area contributed by atoms with Crippen molar-refractivity contribution in [3.8, 4) is 0 Å². The molecule has 1 saturated heterocycles. The quantitative estimate of drug-likeness (QED) is 0.650. The molecule has 2 unspecified atom stereocenters. The molecule has 7 atom stereocenters. The maximum absolute atomic E-state index is 12.7. The van der Waals surface area contributed by atoms with E-state index in [1.165, 1.54) is 31.2 Å². The number of carbonyl (C=O) groups is 1. The van der Waals surface area contributed by atoms with Gasteiger partial charge in [-0.15, -0.1) is 0 Å². The minimum atomic E-state index is -0.523. The van der Waals surface area contributed by atoms with Crippen molar-refractivity contribution >= 4 is 5.78 Å². The first-order valence-corrected chi connectivity index (χ1v) is 14.5. The Hall–Kier alpha value is -1.23. The lowest BCUT2D eigenvalue weighted by atomic mass is 9.44.